The molecule has 2 atom stereocenters. The largest absolute Gasteiger partial charge is 0.502 e. The van der Waals surface area contributed by atoms with Crippen molar-refractivity contribution >= 4 is 39.6 Å². The van der Waals surface area contributed by atoms with E-state index in [-0.39, 0.29) is 11.5 Å². The Morgan fingerprint density at radius 3 is 2.75 bits per heavy atom. The third kappa shape index (κ3) is 4.01. The van der Waals surface area contributed by atoms with Crippen molar-refractivity contribution in [3.63, 3.8) is 0 Å². The molecule has 0 bridgehead atoms. The molecule has 2 amide bonds. The highest BCUT2D eigenvalue weighted by Crippen LogP contribution is 2.32. The van der Waals surface area contributed by atoms with Crippen LogP contribution in [0.1, 0.15) is 17.0 Å². The van der Waals surface area contributed by atoms with E-state index < -0.39 is 34.1 Å². The lowest BCUT2D eigenvalue weighted by Crippen LogP contribution is -2.34. The van der Waals surface area contributed by atoms with Crippen LogP contribution in [0.15, 0.2) is 52.0 Å². The van der Waals surface area contributed by atoms with E-state index >= 15 is 0 Å². The maximum atomic E-state index is 12.5. The van der Waals surface area contributed by atoms with Gasteiger partial charge in [-0.05, 0) is 11.6 Å². The Hall–Kier alpha value is -3.27. The summed E-state index contributed by atoms with van der Waals surface area (Å²) in [7, 11) is 0. The summed E-state index contributed by atoms with van der Waals surface area (Å²) in [6.45, 7) is 0.337. The van der Waals surface area contributed by atoms with Gasteiger partial charge in [0.05, 0.1) is 11.1 Å². The Morgan fingerprint density at radius 2 is 2.07 bits per heavy atom. The molecule has 9 nitrogen and oxygen atoms in total. The van der Waals surface area contributed by atoms with Gasteiger partial charge in [-0.3, -0.25) is 19.7 Å². The van der Waals surface area contributed by atoms with Gasteiger partial charge in [0.25, 0.3) is 5.91 Å². The van der Waals surface area contributed by atoms with E-state index in [2.05, 4.69) is 31.8 Å². The predicted molar refractivity (Wildman–Crippen MR) is 104 cm³/mol. The normalized spacial score (nSPS) is 18.8. The minimum atomic E-state index is -0.954. The van der Waals surface area contributed by atoms with Gasteiger partial charge in [-0.15, -0.1) is 0 Å². The maximum absolute atomic E-state index is 12.5. The molecule has 1 heterocycles. The van der Waals surface area contributed by atoms with Crippen molar-refractivity contribution < 1.29 is 19.6 Å². The summed E-state index contributed by atoms with van der Waals surface area (Å²) >= 11 is 3.11. The summed E-state index contributed by atoms with van der Waals surface area (Å²) in [5.74, 6) is -2.87. The molecule has 2 aromatic rings. The second-order valence-corrected chi connectivity index (χ2v) is 7.01. The van der Waals surface area contributed by atoms with Crippen molar-refractivity contribution in [2.75, 3.05) is 6.54 Å². The van der Waals surface area contributed by atoms with Gasteiger partial charge in [-0.2, -0.15) is 5.10 Å². The average Bonchev–Trinajstić information content (AvgIpc) is 3.06. The predicted octanol–water partition coefficient (Wildman–Crippen LogP) is 2.04. The number of rotatable bonds is 5. The summed E-state index contributed by atoms with van der Waals surface area (Å²) in [5.41, 5.74) is 2.66. The molecule has 0 spiro atoms. The van der Waals surface area contributed by atoms with Crippen LogP contribution >= 0.6 is 15.9 Å². The van der Waals surface area contributed by atoms with Crippen molar-refractivity contribution in [1.29, 1.82) is 0 Å². The quantitative estimate of drug-likeness (QED) is 0.279. The molecule has 0 aromatic heterocycles. The van der Waals surface area contributed by atoms with Crippen LogP contribution in [0, 0.1) is 16.0 Å². The van der Waals surface area contributed by atoms with Crippen molar-refractivity contribution in [1.82, 2.24) is 10.7 Å². The minimum Gasteiger partial charge on any atom is -0.502 e. The van der Waals surface area contributed by atoms with Gasteiger partial charge in [0.1, 0.15) is 5.92 Å². The lowest BCUT2D eigenvalue weighted by atomic mass is 9.88. The van der Waals surface area contributed by atoms with Gasteiger partial charge < -0.3 is 10.4 Å². The van der Waals surface area contributed by atoms with E-state index in [1.165, 1.54) is 6.07 Å². The molecule has 1 aliphatic rings. The molecular formula is C18H15BrN4O5. The molecule has 0 saturated carbocycles. The second kappa shape index (κ2) is 8.17. The Bertz CT molecular complexity index is 964. The van der Waals surface area contributed by atoms with Crippen molar-refractivity contribution in [3.8, 4) is 5.75 Å². The van der Waals surface area contributed by atoms with Crippen LogP contribution in [-0.4, -0.2) is 34.6 Å². The number of hydrazone groups is 1. The van der Waals surface area contributed by atoms with Crippen molar-refractivity contribution in [3.05, 3.63) is 68.2 Å². The molecule has 0 unspecified atom stereocenters. The third-order valence-electron chi connectivity index (χ3n) is 4.35. The number of halogens is 1. The number of hydrogen-bond donors (Lipinski definition) is 3. The molecule has 1 aliphatic heterocycles. The molecule has 0 aliphatic carbocycles. The van der Waals surface area contributed by atoms with Crippen molar-refractivity contribution in [2.24, 2.45) is 11.0 Å². The van der Waals surface area contributed by atoms with Crippen LogP contribution in [0.4, 0.5) is 5.69 Å². The number of benzene rings is 2. The number of nitro groups is 1. The van der Waals surface area contributed by atoms with Crippen molar-refractivity contribution in [2.45, 2.75) is 5.92 Å². The van der Waals surface area contributed by atoms with Gasteiger partial charge in [0.2, 0.25) is 11.7 Å². The number of phenols is 1. The van der Waals surface area contributed by atoms with Gasteiger partial charge in [0.15, 0.2) is 0 Å². The van der Waals surface area contributed by atoms with Gasteiger partial charge in [-0.25, -0.2) is 5.43 Å². The first-order valence-electron chi connectivity index (χ1n) is 8.21. The van der Waals surface area contributed by atoms with Gasteiger partial charge in [0, 0.05) is 28.6 Å². The zero-order valence-corrected chi connectivity index (χ0v) is 15.9. The third-order valence-corrected chi connectivity index (χ3v) is 4.81. The monoisotopic (exact) mass is 446 g/mol. The fourth-order valence-corrected chi connectivity index (χ4v) is 3.47. The minimum absolute atomic E-state index is 0.0388. The topological polar surface area (TPSA) is 134 Å². The number of nitrogens with one attached hydrogen (secondary N) is 2. The number of aromatic hydroxyl groups is 1. The van der Waals surface area contributed by atoms with Crippen LogP contribution in [0.3, 0.4) is 0 Å². The summed E-state index contributed by atoms with van der Waals surface area (Å²) < 4.78 is 0.365. The first-order chi connectivity index (χ1) is 13.4. The fraction of sp³-hybridized carbons (Fsp3) is 0.167. The van der Waals surface area contributed by atoms with Crippen LogP contribution < -0.4 is 10.7 Å². The standard InChI is InChI=1S/C18H15BrN4O5/c19-12-6-11(16(24)14(7-12)23(27)28)8-21-22-18(26)15-13(9-20-17(15)25)10-4-2-1-3-5-10/h1-8,13,15,24H,9H2,(H,20,25)(H,22,26)/t13-,15-/m0/s1. The lowest BCUT2D eigenvalue weighted by Gasteiger charge is -2.15. The molecule has 2 aromatic carbocycles. The molecule has 1 saturated heterocycles. The number of nitro benzene ring substituents is 1. The summed E-state index contributed by atoms with van der Waals surface area (Å²) in [4.78, 5) is 34.8. The smallest absolute Gasteiger partial charge is 0.312 e. The number of carbonyl (C=O) groups is 2. The molecule has 0 radical (unpaired) electrons. The molecule has 1 fully saturated rings. The molecular weight excluding hydrogens is 432 g/mol. The Labute approximate surface area is 167 Å². The Balaban J connectivity index is 1.76. The van der Waals surface area contributed by atoms with Gasteiger partial charge in [-0.1, -0.05) is 46.3 Å². The average molecular weight is 447 g/mol. The summed E-state index contributed by atoms with van der Waals surface area (Å²) in [6.07, 6.45) is 1.08. The number of nitrogens with zero attached hydrogens (tertiary/aromatic N) is 2. The molecule has 28 heavy (non-hydrogen) atoms. The van der Waals surface area contributed by atoms with E-state index in [1.54, 1.807) is 0 Å². The number of amides is 2. The summed E-state index contributed by atoms with van der Waals surface area (Å²) in [6, 6.07) is 11.7. The highest BCUT2D eigenvalue weighted by atomic mass is 79.9. The number of carbonyl (C=O) groups excluding carboxylic acids is 2. The Kier molecular flexibility index (Phi) is 5.69. The van der Waals surface area contributed by atoms with E-state index in [0.717, 1.165) is 17.8 Å². The molecule has 144 valence electrons. The van der Waals surface area contributed by atoms with E-state index in [1.807, 2.05) is 30.3 Å². The first-order valence-corrected chi connectivity index (χ1v) is 9.00. The SMILES string of the molecule is O=C1NC[C@@H](c2ccccc2)[C@@H]1C(=O)NN=Cc1cc(Br)cc([N+](=O)[O-])c1O. The molecule has 3 N–H and O–H groups in total. The van der Waals surface area contributed by atoms with Crippen LogP contribution in [0.2, 0.25) is 0 Å². The lowest BCUT2D eigenvalue weighted by molar-refractivity contribution is -0.385. The zero-order valence-electron chi connectivity index (χ0n) is 14.3. The van der Waals surface area contributed by atoms with Crippen LogP contribution in [-0.2, 0) is 9.59 Å². The fourth-order valence-electron chi connectivity index (χ4n) is 3.01. The maximum Gasteiger partial charge on any atom is 0.312 e. The van der Waals surface area contributed by atoms with E-state index in [4.69, 9.17) is 0 Å². The number of phenolic OH excluding ortho intramolecular Hbond substituents is 1. The number of hydrogen-bond acceptors (Lipinski definition) is 6. The highest BCUT2D eigenvalue weighted by Gasteiger charge is 2.40. The van der Waals surface area contributed by atoms with E-state index in [0.29, 0.717) is 11.0 Å². The van der Waals surface area contributed by atoms with Gasteiger partial charge >= 0.3 is 5.69 Å². The zero-order chi connectivity index (χ0) is 20.3. The Morgan fingerprint density at radius 1 is 1.36 bits per heavy atom. The summed E-state index contributed by atoms with van der Waals surface area (Å²) in [5, 5.41) is 27.3. The first kappa shape index (κ1) is 19.5. The molecule has 3 rings (SSSR count). The van der Waals surface area contributed by atoms with Crippen LogP contribution in [0.5, 0.6) is 5.75 Å². The second-order valence-electron chi connectivity index (χ2n) is 6.09. The molecule has 10 heteroatoms. The van der Waals surface area contributed by atoms with Crippen LogP contribution in [0.25, 0.3) is 0 Å². The van der Waals surface area contributed by atoms with E-state index in [9.17, 15) is 24.8 Å². The highest BCUT2D eigenvalue weighted by molar-refractivity contribution is 9.10.